The van der Waals surface area contributed by atoms with Gasteiger partial charge in [-0.15, -0.1) is 0 Å². The van der Waals surface area contributed by atoms with Crippen molar-refractivity contribution in [3.05, 3.63) is 52.1 Å². The predicted molar refractivity (Wildman–Crippen MR) is 108 cm³/mol. The molecule has 0 radical (unpaired) electrons. The molecule has 1 N–H and O–H groups in total. The van der Waals surface area contributed by atoms with E-state index in [9.17, 15) is 18.0 Å². The van der Waals surface area contributed by atoms with Crippen LogP contribution in [-0.4, -0.2) is 48.5 Å². The van der Waals surface area contributed by atoms with Crippen molar-refractivity contribution in [1.82, 2.24) is 9.88 Å². The van der Waals surface area contributed by atoms with Gasteiger partial charge in [0, 0.05) is 32.4 Å². The summed E-state index contributed by atoms with van der Waals surface area (Å²) in [4.78, 5) is 20.2. The zero-order valence-corrected chi connectivity index (χ0v) is 16.9. The molecule has 3 rings (SSSR count). The maximum absolute atomic E-state index is 12.7. The summed E-state index contributed by atoms with van der Waals surface area (Å²) in [5.41, 5.74) is -0.316. The average molecular weight is 447 g/mol. The SMILES string of the molecule is O=C(CN1CCCN(c2ccc(C(F)(F)F)cn2)CC1)Nc1cccc(Cl)c1Cl. The standard InChI is InChI=1S/C19H19Cl2F3N4O/c20-14-3-1-4-15(18(14)21)26-17(29)12-27-7-2-8-28(10-9-27)16-6-5-13(11-25-16)19(22,23)24/h1,3-6,11H,2,7-10,12H2,(H,26,29). The Balaban J connectivity index is 1.55. The molecule has 10 heteroatoms. The molecule has 1 aliphatic heterocycles. The fourth-order valence-corrected chi connectivity index (χ4v) is 3.44. The van der Waals surface area contributed by atoms with E-state index in [1.165, 1.54) is 6.07 Å². The summed E-state index contributed by atoms with van der Waals surface area (Å²) in [6.07, 6.45) is -2.80. The van der Waals surface area contributed by atoms with E-state index in [4.69, 9.17) is 23.2 Å². The number of nitrogens with one attached hydrogen (secondary N) is 1. The molecule has 1 aliphatic rings. The first kappa shape index (κ1) is 21.7. The third kappa shape index (κ3) is 5.74. The summed E-state index contributed by atoms with van der Waals surface area (Å²) in [5, 5.41) is 3.40. The van der Waals surface area contributed by atoms with Crippen molar-refractivity contribution in [2.24, 2.45) is 0 Å². The Morgan fingerprint density at radius 3 is 2.59 bits per heavy atom. The van der Waals surface area contributed by atoms with E-state index < -0.39 is 11.7 Å². The molecule has 0 unspecified atom stereocenters. The van der Waals surface area contributed by atoms with Crippen LogP contribution in [0.1, 0.15) is 12.0 Å². The molecule has 1 aromatic carbocycles. The fraction of sp³-hybridized carbons (Fsp3) is 0.368. The summed E-state index contributed by atoms with van der Waals surface area (Å²) in [5.74, 6) is 0.283. The van der Waals surface area contributed by atoms with Gasteiger partial charge in [0.1, 0.15) is 5.82 Å². The molecule has 0 bridgehead atoms. The van der Waals surface area contributed by atoms with Gasteiger partial charge in [0.05, 0.1) is 27.8 Å². The summed E-state index contributed by atoms with van der Waals surface area (Å²) in [6, 6.07) is 7.43. The van der Waals surface area contributed by atoms with Gasteiger partial charge >= 0.3 is 6.18 Å². The highest BCUT2D eigenvalue weighted by atomic mass is 35.5. The van der Waals surface area contributed by atoms with Crippen molar-refractivity contribution in [2.75, 3.05) is 42.9 Å². The molecule has 0 spiro atoms. The Morgan fingerprint density at radius 2 is 1.90 bits per heavy atom. The molecule has 1 fully saturated rings. The third-order valence-corrected chi connectivity index (χ3v) is 5.40. The number of halogens is 5. The second kappa shape index (κ2) is 9.19. The number of nitrogens with zero attached hydrogens (tertiary/aromatic N) is 3. The molecule has 1 aromatic heterocycles. The number of pyridine rings is 1. The van der Waals surface area contributed by atoms with Crippen molar-refractivity contribution in [1.29, 1.82) is 0 Å². The number of benzene rings is 1. The van der Waals surface area contributed by atoms with Gasteiger partial charge in [0.25, 0.3) is 0 Å². The molecule has 156 valence electrons. The Labute approximate surface area is 176 Å². The molecule has 0 atom stereocenters. The number of anilines is 2. The van der Waals surface area contributed by atoms with Gasteiger partial charge in [-0.1, -0.05) is 29.3 Å². The maximum Gasteiger partial charge on any atom is 0.417 e. The van der Waals surface area contributed by atoms with Crippen LogP contribution in [0.3, 0.4) is 0 Å². The van der Waals surface area contributed by atoms with E-state index in [-0.39, 0.29) is 17.5 Å². The summed E-state index contributed by atoms with van der Waals surface area (Å²) in [6.45, 7) is 2.66. The minimum Gasteiger partial charge on any atom is -0.355 e. The molecule has 0 saturated carbocycles. The predicted octanol–water partition coefficient (Wildman–Crippen LogP) is 4.56. The van der Waals surface area contributed by atoms with E-state index in [0.29, 0.717) is 42.7 Å². The number of carbonyl (C=O) groups is 1. The van der Waals surface area contributed by atoms with Crippen molar-refractivity contribution < 1.29 is 18.0 Å². The quantitative estimate of drug-likeness (QED) is 0.747. The Morgan fingerprint density at radius 1 is 1.10 bits per heavy atom. The van der Waals surface area contributed by atoms with Gasteiger partial charge < -0.3 is 10.2 Å². The van der Waals surface area contributed by atoms with Crippen LogP contribution in [0.25, 0.3) is 0 Å². The van der Waals surface area contributed by atoms with Gasteiger partial charge in [-0.05, 0) is 30.7 Å². The van der Waals surface area contributed by atoms with Crippen LogP contribution in [0, 0.1) is 0 Å². The van der Waals surface area contributed by atoms with Crippen molar-refractivity contribution in [2.45, 2.75) is 12.6 Å². The van der Waals surface area contributed by atoms with Crippen LogP contribution >= 0.6 is 23.2 Å². The highest BCUT2D eigenvalue weighted by Gasteiger charge is 2.31. The number of hydrogen-bond acceptors (Lipinski definition) is 4. The largest absolute Gasteiger partial charge is 0.417 e. The smallest absolute Gasteiger partial charge is 0.355 e. The summed E-state index contributed by atoms with van der Waals surface area (Å²) >= 11 is 12.0. The first-order chi connectivity index (χ1) is 13.7. The lowest BCUT2D eigenvalue weighted by molar-refractivity contribution is -0.137. The van der Waals surface area contributed by atoms with Crippen LogP contribution < -0.4 is 10.2 Å². The number of amides is 1. The van der Waals surface area contributed by atoms with Crippen LogP contribution in [0.15, 0.2) is 36.5 Å². The Hall–Kier alpha value is -2.03. The highest BCUT2D eigenvalue weighted by molar-refractivity contribution is 6.44. The second-order valence-corrected chi connectivity index (χ2v) is 7.45. The lowest BCUT2D eigenvalue weighted by Gasteiger charge is -2.23. The topological polar surface area (TPSA) is 48.5 Å². The van der Waals surface area contributed by atoms with E-state index in [1.807, 2.05) is 9.80 Å². The molecular weight excluding hydrogens is 428 g/mol. The van der Waals surface area contributed by atoms with Gasteiger partial charge in [-0.25, -0.2) is 4.98 Å². The third-order valence-electron chi connectivity index (χ3n) is 4.58. The molecule has 1 amide bonds. The normalized spacial score (nSPS) is 15.8. The van der Waals surface area contributed by atoms with E-state index in [2.05, 4.69) is 10.3 Å². The van der Waals surface area contributed by atoms with E-state index >= 15 is 0 Å². The highest BCUT2D eigenvalue weighted by Crippen LogP contribution is 2.30. The van der Waals surface area contributed by atoms with Crippen LogP contribution in [0.4, 0.5) is 24.7 Å². The summed E-state index contributed by atoms with van der Waals surface area (Å²) < 4.78 is 38.1. The van der Waals surface area contributed by atoms with Crippen LogP contribution in [-0.2, 0) is 11.0 Å². The van der Waals surface area contributed by atoms with Gasteiger partial charge in [0.2, 0.25) is 5.91 Å². The monoisotopic (exact) mass is 446 g/mol. The Bertz CT molecular complexity index is 862. The van der Waals surface area contributed by atoms with Gasteiger partial charge in [-0.2, -0.15) is 13.2 Å². The lowest BCUT2D eigenvalue weighted by atomic mass is 10.2. The molecule has 0 aliphatic carbocycles. The number of carbonyl (C=O) groups excluding carboxylic acids is 1. The number of rotatable bonds is 4. The number of aromatic nitrogens is 1. The van der Waals surface area contributed by atoms with Gasteiger partial charge in [-0.3, -0.25) is 9.69 Å². The molecular formula is C19H19Cl2F3N4O. The maximum atomic E-state index is 12.7. The van der Waals surface area contributed by atoms with Crippen LogP contribution in [0.2, 0.25) is 10.0 Å². The molecule has 2 aromatic rings. The number of alkyl halides is 3. The zero-order valence-electron chi connectivity index (χ0n) is 15.3. The van der Waals surface area contributed by atoms with Crippen molar-refractivity contribution in [3.63, 3.8) is 0 Å². The number of hydrogen-bond donors (Lipinski definition) is 1. The lowest BCUT2D eigenvalue weighted by Crippen LogP contribution is -2.36. The first-order valence-corrected chi connectivity index (χ1v) is 9.74. The van der Waals surface area contributed by atoms with E-state index in [0.717, 1.165) is 18.7 Å². The minimum atomic E-state index is -4.40. The summed E-state index contributed by atoms with van der Waals surface area (Å²) in [7, 11) is 0. The Kier molecular flexibility index (Phi) is 6.87. The first-order valence-electron chi connectivity index (χ1n) is 8.98. The van der Waals surface area contributed by atoms with Crippen LogP contribution in [0.5, 0.6) is 0 Å². The average Bonchev–Trinajstić information content (AvgIpc) is 2.90. The molecule has 5 nitrogen and oxygen atoms in total. The van der Waals surface area contributed by atoms with E-state index in [1.54, 1.807) is 18.2 Å². The van der Waals surface area contributed by atoms with Crippen molar-refractivity contribution >= 4 is 40.6 Å². The molecule has 2 heterocycles. The minimum absolute atomic E-state index is 0.178. The second-order valence-electron chi connectivity index (χ2n) is 6.67. The fourth-order valence-electron chi connectivity index (χ4n) is 3.09. The van der Waals surface area contributed by atoms with Gasteiger partial charge in [0.15, 0.2) is 0 Å². The molecule has 29 heavy (non-hydrogen) atoms. The zero-order chi connectivity index (χ0) is 21.0. The van der Waals surface area contributed by atoms with Crippen molar-refractivity contribution in [3.8, 4) is 0 Å². The molecule has 1 saturated heterocycles.